The van der Waals surface area contributed by atoms with Crippen LogP contribution in [-0.4, -0.2) is 43.0 Å². The van der Waals surface area contributed by atoms with Gasteiger partial charge in [0.1, 0.15) is 11.6 Å². The van der Waals surface area contributed by atoms with E-state index in [2.05, 4.69) is 4.90 Å². The first-order chi connectivity index (χ1) is 12.9. The molecule has 0 saturated carbocycles. The lowest BCUT2D eigenvalue weighted by Gasteiger charge is -2.35. The van der Waals surface area contributed by atoms with Crippen LogP contribution in [0.2, 0.25) is 5.02 Å². The molecule has 1 aliphatic rings. The van der Waals surface area contributed by atoms with E-state index in [9.17, 15) is 14.0 Å². The number of halogens is 2. The molecule has 7 heteroatoms. The van der Waals surface area contributed by atoms with E-state index in [1.807, 2.05) is 17.0 Å². The van der Waals surface area contributed by atoms with Gasteiger partial charge in [0.2, 0.25) is 5.91 Å². The SMILES string of the molecule is CC(=O)N1CCN(c2ccc(OC(=O)Cc3c(F)cccc3Cl)cc2)CC1. The Kier molecular flexibility index (Phi) is 5.96. The van der Waals surface area contributed by atoms with Crippen molar-refractivity contribution in [2.75, 3.05) is 31.1 Å². The second-order valence-electron chi connectivity index (χ2n) is 6.34. The highest BCUT2D eigenvalue weighted by molar-refractivity contribution is 6.31. The Hall–Kier alpha value is -2.60. The zero-order valence-electron chi connectivity index (χ0n) is 15.0. The maximum absolute atomic E-state index is 13.8. The Morgan fingerprint density at radius 3 is 2.33 bits per heavy atom. The monoisotopic (exact) mass is 390 g/mol. The standard InChI is InChI=1S/C20H20ClFN2O3/c1-14(25)23-9-11-24(12-10-23)15-5-7-16(8-6-15)27-20(26)13-17-18(21)3-2-4-19(17)22/h2-8H,9-13H2,1H3. The maximum atomic E-state index is 13.8. The van der Waals surface area contributed by atoms with Crippen LogP contribution in [0.4, 0.5) is 10.1 Å². The van der Waals surface area contributed by atoms with Crippen molar-refractivity contribution in [2.45, 2.75) is 13.3 Å². The lowest BCUT2D eigenvalue weighted by Crippen LogP contribution is -2.48. The number of carbonyl (C=O) groups excluding carboxylic acids is 2. The topological polar surface area (TPSA) is 49.9 Å². The van der Waals surface area contributed by atoms with Crippen molar-refractivity contribution in [3.05, 3.63) is 58.9 Å². The van der Waals surface area contributed by atoms with Gasteiger partial charge in [0.15, 0.2) is 0 Å². The molecule has 142 valence electrons. The number of carbonyl (C=O) groups is 2. The minimum atomic E-state index is -0.579. The van der Waals surface area contributed by atoms with E-state index in [4.69, 9.17) is 16.3 Å². The minimum absolute atomic E-state index is 0.0897. The summed E-state index contributed by atoms with van der Waals surface area (Å²) in [6.07, 6.45) is -0.236. The number of amides is 1. The zero-order chi connectivity index (χ0) is 19.4. The molecule has 5 nitrogen and oxygen atoms in total. The van der Waals surface area contributed by atoms with E-state index in [0.717, 1.165) is 18.8 Å². The van der Waals surface area contributed by atoms with Gasteiger partial charge in [-0.05, 0) is 36.4 Å². The van der Waals surface area contributed by atoms with Crippen molar-refractivity contribution in [3.63, 3.8) is 0 Å². The number of ether oxygens (including phenoxy) is 1. The summed E-state index contributed by atoms with van der Waals surface area (Å²) in [6.45, 7) is 4.47. The summed E-state index contributed by atoms with van der Waals surface area (Å²) >= 11 is 5.94. The van der Waals surface area contributed by atoms with Gasteiger partial charge >= 0.3 is 5.97 Å². The van der Waals surface area contributed by atoms with Crippen molar-refractivity contribution in [1.82, 2.24) is 4.90 Å². The second-order valence-corrected chi connectivity index (χ2v) is 6.75. The molecule has 1 saturated heterocycles. The third-order valence-corrected chi connectivity index (χ3v) is 4.90. The van der Waals surface area contributed by atoms with E-state index in [-0.39, 0.29) is 22.9 Å². The predicted octanol–water partition coefficient (Wildman–Crippen LogP) is 3.30. The van der Waals surface area contributed by atoms with Gasteiger partial charge in [0, 0.05) is 49.4 Å². The summed E-state index contributed by atoms with van der Waals surface area (Å²) in [4.78, 5) is 27.5. The fourth-order valence-corrected chi connectivity index (χ4v) is 3.25. The molecule has 0 radical (unpaired) electrons. The molecule has 1 fully saturated rings. The second kappa shape index (κ2) is 8.39. The van der Waals surface area contributed by atoms with Gasteiger partial charge in [-0.15, -0.1) is 0 Å². The van der Waals surface area contributed by atoms with Crippen LogP contribution in [0.3, 0.4) is 0 Å². The molecule has 1 heterocycles. The summed E-state index contributed by atoms with van der Waals surface area (Å²) in [5.41, 5.74) is 1.12. The molecule has 0 aliphatic carbocycles. The van der Waals surface area contributed by atoms with E-state index >= 15 is 0 Å². The maximum Gasteiger partial charge on any atom is 0.315 e. The molecule has 0 unspecified atom stereocenters. The molecule has 1 aliphatic heterocycles. The summed E-state index contributed by atoms with van der Waals surface area (Å²) in [7, 11) is 0. The summed E-state index contributed by atoms with van der Waals surface area (Å²) < 4.78 is 19.0. The number of esters is 1. The van der Waals surface area contributed by atoms with Crippen molar-refractivity contribution in [3.8, 4) is 5.75 Å². The van der Waals surface area contributed by atoms with Crippen LogP contribution >= 0.6 is 11.6 Å². The summed E-state index contributed by atoms with van der Waals surface area (Å²) in [6, 6.07) is 11.4. The quantitative estimate of drug-likeness (QED) is 0.593. The van der Waals surface area contributed by atoms with Crippen molar-refractivity contribution < 1.29 is 18.7 Å². The van der Waals surface area contributed by atoms with Gasteiger partial charge in [0.05, 0.1) is 6.42 Å². The Morgan fingerprint density at radius 2 is 1.74 bits per heavy atom. The normalized spacial score (nSPS) is 14.2. The number of rotatable bonds is 4. The first-order valence-electron chi connectivity index (χ1n) is 8.68. The van der Waals surface area contributed by atoms with Gasteiger partial charge in [-0.3, -0.25) is 9.59 Å². The Labute approximate surface area is 162 Å². The average Bonchev–Trinajstić information content (AvgIpc) is 2.65. The van der Waals surface area contributed by atoms with Gasteiger partial charge in [-0.1, -0.05) is 17.7 Å². The van der Waals surface area contributed by atoms with Crippen LogP contribution in [0, 0.1) is 5.82 Å². The van der Waals surface area contributed by atoms with Crippen LogP contribution in [-0.2, 0) is 16.0 Å². The van der Waals surface area contributed by atoms with Crippen molar-refractivity contribution >= 4 is 29.2 Å². The molecule has 0 bridgehead atoms. The molecule has 3 rings (SSSR count). The van der Waals surface area contributed by atoms with Gasteiger partial charge in [-0.25, -0.2) is 4.39 Å². The lowest BCUT2D eigenvalue weighted by atomic mass is 10.1. The number of hydrogen-bond acceptors (Lipinski definition) is 4. The molecule has 27 heavy (non-hydrogen) atoms. The highest BCUT2D eigenvalue weighted by atomic mass is 35.5. The summed E-state index contributed by atoms with van der Waals surface area (Å²) in [5.74, 6) is -0.630. The molecule has 1 amide bonds. The number of benzene rings is 2. The largest absolute Gasteiger partial charge is 0.426 e. The molecule has 0 N–H and O–H groups in total. The zero-order valence-corrected chi connectivity index (χ0v) is 15.7. The van der Waals surface area contributed by atoms with Crippen molar-refractivity contribution in [1.29, 1.82) is 0 Å². The minimum Gasteiger partial charge on any atom is -0.426 e. The Balaban J connectivity index is 1.58. The number of hydrogen-bond donors (Lipinski definition) is 0. The summed E-state index contributed by atoms with van der Waals surface area (Å²) in [5, 5.41) is 0.201. The molecule has 0 aromatic heterocycles. The third-order valence-electron chi connectivity index (χ3n) is 4.54. The van der Waals surface area contributed by atoms with Crippen LogP contribution in [0.1, 0.15) is 12.5 Å². The van der Waals surface area contributed by atoms with E-state index in [1.54, 1.807) is 19.1 Å². The number of anilines is 1. The van der Waals surface area contributed by atoms with Crippen molar-refractivity contribution in [2.24, 2.45) is 0 Å². The molecular weight excluding hydrogens is 371 g/mol. The van der Waals surface area contributed by atoms with Gasteiger partial charge < -0.3 is 14.5 Å². The number of piperazine rings is 1. The Morgan fingerprint density at radius 1 is 1.07 bits per heavy atom. The first-order valence-corrected chi connectivity index (χ1v) is 9.06. The van der Waals surface area contributed by atoms with Gasteiger partial charge in [-0.2, -0.15) is 0 Å². The fourth-order valence-electron chi connectivity index (χ4n) is 3.02. The fraction of sp³-hybridized carbons (Fsp3) is 0.300. The van der Waals surface area contributed by atoms with Crippen LogP contribution in [0.25, 0.3) is 0 Å². The molecule has 0 atom stereocenters. The molecule has 2 aromatic rings. The third kappa shape index (κ3) is 4.77. The molecular formula is C20H20ClFN2O3. The molecule has 2 aromatic carbocycles. The Bertz CT molecular complexity index is 813. The molecule has 0 spiro atoms. The predicted molar refractivity (Wildman–Crippen MR) is 102 cm³/mol. The van der Waals surface area contributed by atoms with E-state index < -0.39 is 11.8 Å². The van der Waals surface area contributed by atoms with E-state index in [0.29, 0.717) is 18.8 Å². The van der Waals surface area contributed by atoms with Crippen LogP contribution < -0.4 is 9.64 Å². The van der Waals surface area contributed by atoms with E-state index in [1.165, 1.54) is 18.2 Å². The highest BCUT2D eigenvalue weighted by Crippen LogP contribution is 2.23. The highest BCUT2D eigenvalue weighted by Gasteiger charge is 2.19. The number of nitrogens with zero attached hydrogens (tertiary/aromatic N) is 2. The lowest BCUT2D eigenvalue weighted by molar-refractivity contribution is -0.133. The van der Waals surface area contributed by atoms with Crippen LogP contribution in [0.15, 0.2) is 42.5 Å². The van der Waals surface area contributed by atoms with Gasteiger partial charge in [0.25, 0.3) is 0 Å². The smallest absolute Gasteiger partial charge is 0.315 e. The van der Waals surface area contributed by atoms with Crippen LogP contribution in [0.5, 0.6) is 5.75 Å². The average molecular weight is 391 g/mol. The first kappa shape index (κ1) is 19.2.